The van der Waals surface area contributed by atoms with Gasteiger partial charge in [0, 0.05) is 0 Å². The Hall–Kier alpha value is -1.83. The average molecular weight is 290 g/mol. The molecule has 0 aromatic rings. The van der Waals surface area contributed by atoms with Crippen molar-refractivity contribution in [2.45, 2.75) is 57.7 Å². The van der Waals surface area contributed by atoms with Gasteiger partial charge in [-0.15, -0.1) is 0 Å². The number of carbonyl (C=O) groups excluding carboxylic acids is 1. The van der Waals surface area contributed by atoms with Gasteiger partial charge in [-0.05, 0) is 40.0 Å². The van der Waals surface area contributed by atoms with E-state index in [9.17, 15) is 14.4 Å². The second kappa shape index (κ2) is 7.68. The molecule has 0 heterocycles. The van der Waals surface area contributed by atoms with E-state index in [0.717, 1.165) is 0 Å². The predicted molar refractivity (Wildman–Crippen MR) is 70.3 cm³/mol. The number of nitrogens with one attached hydrogen (secondary N) is 1. The number of aliphatic carboxylic acids is 2. The van der Waals surface area contributed by atoms with E-state index in [0.29, 0.717) is 0 Å². The van der Waals surface area contributed by atoms with Crippen molar-refractivity contribution < 1.29 is 29.3 Å². The van der Waals surface area contributed by atoms with Crippen LogP contribution in [0.25, 0.3) is 0 Å². The highest BCUT2D eigenvalue weighted by atomic mass is 16.6. The van der Waals surface area contributed by atoms with Crippen LogP contribution < -0.4 is 11.1 Å². The van der Waals surface area contributed by atoms with Crippen molar-refractivity contribution in [2.75, 3.05) is 0 Å². The maximum atomic E-state index is 11.5. The fraction of sp³-hybridized carbons (Fsp3) is 0.750. The fourth-order valence-electron chi connectivity index (χ4n) is 1.37. The van der Waals surface area contributed by atoms with E-state index in [4.69, 9.17) is 20.7 Å². The Bertz CT molecular complexity index is 363. The lowest BCUT2D eigenvalue weighted by atomic mass is 10.1. The van der Waals surface area contributed by atoms with Crippen LogP contribution in [0.1, 0.15) is 40.0 Å². The number of ether oxygens (including phenoxy) is 1. The molecular weight excluding hydrogens is 268 g/mol. The zero-order valence-electron chi connectivity index (χ0n) is 11.9. The molecule has 1 amide bonds. The standard InChI is InChI=1S/C12H22N2O6/c1-12(2,3)20-11(19)14-8(10(17)18)6-4-5-7(13)9(15)16/h7-8H,4-6,13H2,1-3H3,(H,14,19)(H,15,16)(H,17,18)/t7-,8-/m0/s1. The number of nitrogens with two attached hydrogens (primary N) is 1. The van der Waals surface area contributed by atoms with Gasteiger partial charge >= 0.3 is 18.0 Å². The van der Waals surface area contributed by atoms with Crippen molar-refractivity contribution in [1.29, 1.82) is 0 Å². The lowest BCUT2D eigenvalue weighted by molar-refractivity contribution is -0.139. The van der Waals surface area contributed by atoms with Crippen LogP contribution in [0.4, 0.5) is 4.79 Å². The molecule has 0 aliphatic heterocycles. The summed E-state index contributed by atoms with van der Waals surface area (Å²) < 4.78 is 4.95. The molecular formula is C12H22N2O6. The van der Waals surface area contributed by atoms with Crippen LogP contribution in [-0.2, 0) is 14.3 Å². The van der Waals surface area contributed by atoms with Crippen LogP contribution in [0, 0.1) is 0 Å². The molecule has 0 rings (SSSR count). The molecule has 0 saturated carbocycles. The number of rotatable bonds is 7. The summed E-state index contributed by atoms with van der Waals surface area (Å²) in [7, 11) is 0. The molecule has 0 aliphatic carbocycles. The van der Waals surface area contributed by atoms with Crippen molar-refractivity contribution in [3.63, 3.8) is 0 Å². The van der Waals surface area contributed by atoms with Crippen LogP contribution >= 0.6 is 0 Å². The van der Waals surface area contributed by atoms with Gasteiger partial charge in [-0.25, -0.2) is 9.59 Å². The number of amides is 1. The summed E-state index contributed by atoms with van der Waals surface area (Å²) in [4.78, 5) is 33.0. The lowest BCUT2D eigenvalue weighted by Gasteiger charge is -2.22. The van der Waals surface area contributed by atoms with Gasteiger partial charge in [0.15, 0.2) is 0 Å². The molecule has 5 N–H and O–H groups in total. The van der Waals surface area contributed by atoms with E-state index in [-0.39, 0.29) is 19.3 Å². The van der Waals surface area contributed by atoms with Crippen LogP contribution in [0.2, 0.25) is 0 Å². The molecule has 0 spiro atoms. The van der Waals surface area contributed by atoms with E-state index in [1.54, 1.807) is 20.8 Å². The van der Waals surface area contributed by atoms with Crippen LogP contribution in [0.3, 0.4) is 0 Å². The molecule has 0 saturated heterocycles. The van der Waals surface area contributed by atoms with Gasteiger partial charge in [0.25, 0.3) is 0 Å². The molecule has 20 heavy (non-hydrogen) atoms. The van der Waals surface area contributed by atoms with Gasteiger partial charge in [0.1, 0.15) is 17.7 Å². The zero-order valence-corrected chi connectivity index (χ0v) is 11.9. The summed E-state index contributed by atoms with van der Waals surface area (Å²) in [6.07, 6.45) is -0.349. The van der Waals surface area contributed by atoms with Crippen molar-refractivity contribution in [3.05, 3.63) is 0 Å². The van der Waals surface area contributed by atoms with Crippen molar-refractivity contribution in [1.82, 2.24) is 5.32 Å². The number of carboxylic acid groups (broad SMARTS) is 2. The molecule has 0 aromatic heterocycles. The molecule has 116 valence electrons. The molecule has 8 nitrogen and oxygen atoms in total. The maximum absolute atomic E-state index is 11.5. The molecule has 0 unspecified atom stereocenters. The minimum atomic E-state index is -1.21. The van der Waals surface area contributed by atoms with Crippen molar-refractivity contribution in [3.8, 4) is 0 Å². The average Bonchev–Trinajstić information content (AvgIpc) is 2.24. The van der Waals surface area contributed by atoms with Crippen LogP contribution in [0.15, 0.2) is 0 Å². The Kier molecular flexibility index (Phi) is 6.98. The molecule has 0 radical (unpaired) electrons. The molecule has 0 aromatic carbocycles. The van der Waals surface area contributed by atoms with E-state index in [2.05, 4.69) is 5.32 Å². The lowest BCUT2D eigenvalue weighted by Crippen LogP contribution is -2.43. The molecule has 2 atom stereocenters. The summed E-state index contributed by atoms with van der Waals surface area (Å²) in [6.45, 7) is 4.98. The first-order chi connectivity index (χ1) is 9.03. The molecule has 0 bridgehead atoms. The predicted octanol–water partition coefficient (Wildman–Crippen LogP) is 0.547. The molecule has 0 aliphatic rings. The SMILES string of the molecule is CC(C)(C)OC(=O)N[C@@H](CCC[C@H](N)C(=O)O)C(=O)O. The van der Waals surface area contributed by atoms with E-state index < -0.39 is 35.7 Å². The summed E-state index contributed by atoms with van der Waals surface area (Å²) in [6, 6.07) is -2.17. The van der Waals surface area contributed by atoms with Gasteiger partial charge in [-0.2, -0.15) is 0 Å². The Morgan fingerprint density at radius 2 is 1.70 bits per heavy atom. The Morgan fingerprint density at radius 3 is 2.10 bits per heavy atom. The van der Waals surface area contributed by atoms with E-state index in [1.165, 1.54) is 0 Å². The van der Waals surface area contributed by atoms with Crippen LogP contribution in [-0.4, -0.2) is 45.9 Å². The Labute approximate surface area is 117 Å². The number of hydrogen-bond donors (Lipinski definition) is 4. The van der Waals surface area contributed by atoms with E-state index >= 15 is 0 Å². The van der Waals surface area contributed by atoms with Crippen LogP contribution in [0.5, 0.6) is 0 Å². The fourth-order valence-corrected chi connectivity index (χ4v) is 1.37. The third-order valence-electron chi connectivity index (χ3n) is 2.31. The smallest absolute Gasteiger partial charge is 0.408 e. The Morgan fingerprint density at radius 1 is 1.15 bits per heavy atom. The highest BCUT2D eigenvalue weighted by Gasteiger charge is 2.24. The second-order valence-electron chi connectivity index (χ2n) is 5.41. The third kappa shape index (κ3) is 8.30. The molecule has 0 fully saturated rings. The summed E-state index contributed by atoms with van der Waals surface area (Å²) in [5, 5.41) is 19.8. The van der Waals surface area contributed by atoms with E-state index in [1.807, 2.05) is 0 Å². The summed E-state index contributed by atoms with van der Waals surface area (Å²) >= 11 is 0. The normalized spacial score (nSPS) is 14.2. The minimum absolute atomic E-state index is 0.0789. The van der Waals surface area contributed by atoms with Gasteiger partial charge in [-0.3, -0.25) is 4.79 Å². The minimum Gasteiger partial charge on any atom is -0.480 e. The number of alkyl carbamates (subject to hydrolysis) is 1. The van der Waals surface area contributed by atoms with Gasteiger partial charge in [-0.1, -0.05) is 0 Å². The first kappa shape index (κ1) is 18.2. The largest absolute Gasteiger partial charge is 0.480 e. The number of carbonyl (C=O) groups is 3. The topological polar surface area (TPSA) is 139 Å². The van der Waals surface area contributed by atoms with Gasteiger partial charge < -0.3 is 26.0 Å². The monoisotopic (exact) mass is 290 g/mol. The number of carboxylic acids is 2. The molecule has 8 heteroatoms. The Balaban J connectivity index is 4.28. The summed E-state index contributed by atoms with van der Waals surface area (Å²) in [5.74, 6) is -2.35. The van der Waals surface area contributed by atoms with Gasteiger partial charge in [0.05, 0.1) is 0 Å². The second-order valence-corrected chi connectivity index (χ2v) is 5.41. The van der Waals surface area contributed by atoms with Gasteiger partial charge in [0.2, 0.25) is 0 Å². The highest BCUT2D eigenvalue weighted by molar-refractivity contribution is 5.80. The van der Waals surface area contributed by atoms with Crippen molar-refractivity contribution in [2.24, 2.45) is 5.73 Å². The zero-order chi connectivity index (χ0) is 15.9. The number of hydrogen-bond acceptors (Lipinski definition) is 5. The summed E-state index contributed by atoms with van der Waals surface area (Å²) in [5.41, 5.74) is 4.58. The first-order valence-corrected chi connectivity index (χ1v) is 6.23. The quantitative estimate of drug-likeness (QED) is 0.536. The maximum Gasteiger partial charge on any atom is 0.408 e. The third-order valence-corrected chi connectivity index (χ3v) is 2.31. The first-order valence-electron chi connectivity index (χ1n) is 6.23. The van der Waals surface area contributed by atoms with Crippen molar-refractivity contribution >= 4 is 18.0 Å². The highest BCUT2D eigenvalue weighted by Crippen LogP contribution is 2.09.